The molecule has 10 heteroatoms. The Morgan fingerprint density at radius 3 is 2.57 bits per heavy atom. The van der Waals surface area contributed by atoms with Gasteiger partial charge in [-0.2, -0.15) is 0 Å². The van der Waals surface area contributed by atoms with Crippen LogP contribution in [0.4, 0.5) is 11.4 Å². The highest BCUT2D eigenvalue weighted by atomic mass is 35.5. The van der Waals surface area contributed by atoms with Crippen LogP contribution in [0.2, 0.25) is 5.02 Å². The van der Waals surface area contributed by atoms with Crippen molar-refractivity contribution in [3.05, 3.63) is 52.5 Å². The summed E-state index contributed by atoms with van der Waals surface area (Å²) in [6.45, 7) is 6.61. The lowest BCUT2D eigenvalue weighted by molar-refractivity contribution is -0.125. The van der Waals surface area contributed by atoms with Gasteiger partial charge in [0.05, 0.1) is 22.7 Å². The number of fused-ring (bicyclic) bond motifs is 1. The van der Waals surface area contributed by atoms with Crippen LogP contribution in [-0.2, 0) is 19.6 Å². The molecule has 2 aliphatic rings. The Morgan fingerprint density at radius 1 is 1.11 bits per heavy atom. The zero-order chi connectivity index (χ0) is 25.2. The van der Waals surface area contributed by atoms with Gasteiger partial charge in [0, 0.05) is 18.1 Å². The van der Waals surface area contributed by atoms with Crippen LogP contribution < -0.4 is 14.9 Å². The number of benzene rings is 2. The molecule has 0 bridgehead atoms. The summed E-state index contributed by atoms with van der Waals surface area (Å²) in [5, 5.41) is 6.08. The van der Waals surface area contributed by atoms with Gasteiger partial charge in [-0.25, -0.2) is 8.42 Å². The largest absolute Gasteiger partial charge is 0.355 e. The van der Waals surface area contributed by atoms with Crippen LogP contribution in [0.3, 0.4) is 0 Å². The van der Waals surface area contributed by atoms with Gasteiger partial charge in [0.25, 0.3) is 10.0 Å². The van der Waals surface area contributed by atoms with Crippen LogP contribution in [0, 0.1) is 13.8 Å². The second-order valence-electron chi connectivity index (χ2n) is 9.15. The first-order valence-electron chi connectivity index (χ1n) is 11.9. The molecule has 0 aliphatic carbocycles. The fourth-order valence-corrected chi connectivity index (χ4v) is 6.80. The normalized spacial score (nSPS) is 18.7. The SMILES string of the molecule is Cc1cc(S(=O)(=O)N2c3ccccc3NC(=O)C2CC(=O)NCCN2CCCCC2)c(C)cc1Cl. The third kappa shape index (κ3) is 5.47. The molecule has 2 aromatic carbocycles. The minimum absolute atomic E-state index is 0.0550. The number of aryl methyl sites for hydroxylation is 2. The van der Waals surface area contributed by atoms with Gasteiger partial charge in [-0.05, 0) is 75.2 Å². The van der Waals surface area contributed by atoms with E-state index in [-0.39, 0.29) is 17.2 Å². The van der Waals surface area contributed by atoms with Crippen molar-refractivity contribution in [3.8, 4) is 0 Å². The first-order valence-corrected chi connectivity index (χ1v) is 13.7. The van der Waals surface area contributed by atoms with Gasteiger partial charge in [0.1, 0.15) is 6.04 Å². The van der Waals surface area contributed by atoms with Crippen molar-refractivity contribution < 1.29 is 18.0 Å². The summed E-state index contributed by atoms with van der Waals surface area (Å²) in [5.41, 5.74) is 1.78. The van der Waals surface area contributed by atoms with E-state index in [2.05, 4.69) is 15.5 Å². The number of piperidine rings is 1. The van der Waals surface area contributed by atoms with Crippen LogP contribution in [0.5, 0.6) is 0 Å². The predicted octanol–water partition coefficient (Wildman–Crippen LogP) is 3.47. The van der Waals surface area contributed by atoms with Crippen LogP contribution in [-0.4, -0.2) is 57.4 Å². The van der Waals surface area contributed by atoms with E-state index in [0.717, 1.165) is 36.8 Å². The van der Waals surface area contributed by atoms with Crippen molar-refractivity contribution in [2.45, 2.75) is 50.5 Å². The summed E-state index contributed by atoms with van der Waals surface area (Å²) in [4.78, 5) is 28.3. The van der Waals surface area contributed by atoms with Gasteiger partial charge in [-0.1, -0.05) is 30.2 Å². The second kappa shape index (κ2) is 10.6. The quantitative estimate of drug-likeness (QED) is 0.585. The molecule has 1 unspecified atom stereocenters. The Labute approximate surface area is 211 Å². The summed E-state index contributed by atoms with van der Waals surface area (Å²) >= 11 is 6.20. The number of nitrogens with zero attached hydrogens (tertiary/aromatic N) is 2. The molecular formula is C25H31ClN4O4S. The van der Waals surface area contributed by atoms with Crippen molar-refractivity contribution in [3.63, 3.8) is 0 Å². The summed E-state index contributed by atoms with van der Waals surface area (Å²) in [7, 11) is -4.19. The Balaban J connectivity index is 1.61. The highest BCUT2D eigenvalue weighted by Gasteiger charge is 2.42. The number of rotatable bonds is 7. The average molecular weight is 519 g/mol. The summed E-state index contributed by atoms with van der Waals surface area (Å²) in [6.07, 6.45) is 3.26. The first kappa shape index (κ1) is 25.5. The molecule has 1 atom stereocenters. The number of hydrogen-bond donors (Lipinski definition) is 2. The van der Waals surface area contributed by atoms with Crippen molar-refractivity contribution in [2.75, 3.05) is 35.8 Å². The maximum Gasteiger partial charge on any atom is 0.265 e. The Bertz CT molecular complexity index is 1230. The van der Waals surface area contributed by atoms with Crippen LogP contribution in [0.25, 0.3) is 0 Å². The minimum Gasteiger partial charge on any atom is -0.355 e. The molecule has 1 saturated heterocycles. The third-order valence-electron chi connectivity index (χ3n) is 6.56. The average Bonchev–Trinajstić information content (AvgIpc) is 2.82. The van der Waals surface area contributed by atoms with Crippen LogP contribution in [0.1, 0.15) is 36.8 Å². The summed E-state index contributed by atoms with van der Waals surface area (Å²) in [5.74, 6) is -0.910. The van der Waals surface area contributed by atoms with Crippen molar-refractivity contribution in [1.29, 1.82) is 0 Å². The van der Waals surface area contributed by atoms with Crippen LogP contribution in [0.15, 0.2) is 41.3 Å². The molecule has 2 aliphatic heterocycles. The standard InChI is InChI=1S/C25H31ClN4O4S/c1-17-15-23(18(2)14-19(17)26)35(33,34)30-21-9-5-4-8-20(21)28-25(32)22(30)16-24(31)27-10-13-29-11-6-3-7-12-29/h4-5,8-9,14-15,22H,3,6-7,10-13,16H2,1-2H3,(H,27,31)(H,28,32). The molecule has 0 radical (unpaired) electrons. The molecule has 0 spiro atoms. The number of para-hydroxylation sites is 2. The lowest BCUT2D eigenvalue weighted by atomic mass is 10.1. The Hall–Kier alpha value is -2.62. The summed E-state index contributed by atoms with van der Waals surface area (Å²) < 4.78 is 29.0. The lowest BCUT2D eigenvalue weighted by Gasteiger charge is -2.37. The molecule has 0 saturated carbocycles. The number of likely N-dealkylation sites (tertiary alicyclic amines) is 1. The topological polar surface area (TPSA) is 98.8 Å². The van der Waals surface area contributed by atoms with E-state index in [4.69, 9.17) is 11.6 Å². The first-order chi connectivity index (χ1) is 16.7. The highest BCUT2D eigenvalue weighted by Crippen LogP contribution is 2.38. The van der Waals surface area contributed by atoms with E-state index in [1.807, 2.05) is 0 Å². The van der Waals surface area contributed by atoms with Gasteiger partial charge < -0.3 is 15.5 Å². The molecule has 2 N–H and O–H groups in total. The Morgan fingerprint density at radius 2 is 1.83 bits per heavy atom. The van der Waals surface area contributed by atoms with Crippen LogP contribution >= 0.6 is 11.6 Å². The highest BCUT2D eigenvalue weighted by molar-refractivity contribution is 7.93. The van der Waals surface area contributed by atoms with E-state index in [1.54, 1.807) is 44.2 Å². The van der Waals surface area contributed by atoms with E-state index >= 15 is 0 Å². The molecule has 1 fully saturated rings. The number of hydrogen-bond acceptors (Lipinski definition) is 5. The molecule has 188 valence electrons. The van der Waals surface area contributed by atoms with E-state index in [0.29, 0.717) is 34.1 Å². The molecule has 8 nitrogen and oxygen atoms in total. The van der Waals surface area contributed by atoms with Crippen molar-refractivity contribution in [1.82, 2.24) is 10.2 Å². The molecule has 4 rings (SSSR count). The fraction of sp³-hybridized carbons (Fsp3) is 0.440. The number of carbonyl (C=O) groups excluding carboxylic acids is 2. The number of halogens is 1. The van der Waals surface area contributed by atoms with Gasteiger partial charge >= 0.3 is 0 Å². The molecule has 2 aromatic rings. The number of sulfonamides is 1. The molecule has 2 amide bonds. The number of anilines is 2. The number of amides is 2. The minimum atomic E-state index is -4.19. The smallest absolute Gasteiger partial charge is 0.265 e. The van der Waals surface area contributed by atoms with Gasteiger partial charge in [0.15, 0.2) is 0 Å². The molecule has 2 heterocycles. The molecular weight excluding hydrogens is 488 g/mol. The fourth-order valence-electron chi connectivity index (χ4n) is 4.66. The van der Waals surface area contributed by atoms with E-state index in [1.165, 1.54) is 12.5 Å². The zero-order valence-corrected chi connectivity index (χ0v) is 21.6. The predicted molar refractivity (Wildman–Crippen MR) is 137 cm³/mol. The number of nitrogens with one attached hydrogen (secondary N) is 2. The molecule has 0 aromatic heterocycles. The van der Waals surface area contributed by atoms with Gasteiger partial charge in [-0.3, -0.25) is 13.9 Å². The van der Waals surface area contributed by atoms with E-state index in [9.17, 15) is 18.0 Å². The maximum atomic E-state index is 14.0. The monoisotopic (exact) mass is 518 g/mol. The third-order valence-corrected chi connectivity index (χ3v) is 8.93. The number of carbonyl (C=O) groups is 2. The van der Waals surface area contributed by atoms with Gasteiger partial charge in [-0.15, -0.1) is 0 Å². The molecule has 35 heavy (non-hydrogen) atoms. The second-order valence-corrected chi connectivity index (χ2v) is 11.3. The van der Waals surface area contributed by atoms with Crippen molar-refractivity contribution >= 4 is 44.8 Å². The lowest BCUT2D eigenvalue weighted by Crippen LogP contribution is -2.53. The Kier molecular flexibility index (Phi) is 7.68. The summed E-state index contributed by atoms with van der Waals surface area (Å²) in [6, 6.07) is 8.58. The van der Waals surface area contributed by atoms with Gasteiger partial charge in [0.2, 0.25) is 11.8 Å². The van der Waals surface area contributed by atoms with E-state index < -0.39 is 22.0 Å². The maximum absolute atomic E-state index is 14.0. The zero-order valence-electron chi connectivity index (χ0n) is 20.0. The van der Waals surface area contributed by atoms with Crippen molar-refractivity contribution in [2.24, 2.45) is 0 Å².